The first kappa shape index (κ1) is 19.4. The predicted octanol–water partition coefficient (Wildman–Crippen LogP) is 1.61. The Morgan fingerprint density at radius 1 is 1.08 bits per heavy atom. The molecular weight excluding hydrogens is 334 g/mol. The molecule has 3 amide bonds. The number of hydrogen-bond acceptors (Lipinski definition) is 4. The van der Waals surface area contributed by atoms with Gasteiger partial charge in [-0.3, -0.25) is 4.79 Å². The van der Waals surface area contributed by atoms with E-state index in [0.717, 1.165) is 45.4 Å². The van der Waals surface area contributed by atoms with Crippen LogP contribution in [0.25, 0.3) is 0 Å². The summed E-state index contributed by atoms with van der Waals surface area (Å²) in [5.74, 6) is 0.638. The number of hydrogen-bond donors (Lipinski definition) is 1. The van der Waals surface area contributed by atoms with Gasteiger partial charge in [0, 0.05) is 45.2 Å². The number of rotatable bonds is 3. The van der Waals surface area contributed by atoms with Crippen molar-refractivity contribution >= 4 is 11.9 Å². The standard InChI is InChI=1S/C19H33N3O4/c1-15(2)20-18(24)22-6-4-19(5-7-22)14-16(3-10-26-19)13-17(23)21-8-11-25-12-9-21/h15-16H,3-14H2,1-2H3,(H,20,24). The van der Waals surface area contributed by atoms with Crippen molar-refractivity contribution in [3.8, 4) is 0 Å². The van der Waals surface area contributed by atoms with Crippen molar-refractivity contribution < 1.29 is 19.1 Å². The van der Waals surface area contributed by atoms with Crippen molar-refractivity contribution in [3.05, 3.63) is 0 Å². The molecule has 1 unspecified atom stereocenters. The van der Waals surface area contributed by atoms with Gasteiger partial charge in [-0.15, -0.1) is 0 Å². The van der Waals surface area contributed by atoms with Crippen LogP contribution in [0, 0.1) is 5.92 Å². The van der Waals surface area contributed by atoms with Crippen molar-refractivity contribution in [2.75, 3.05) is 46.0 Å². The molecule has 3 aliphatic rings. The summed E-state index contributed by atoms with van der Waals surface area (Å²) in [7, 11) is 0. The van der Waals surface area contributed by atoms with Gasteiger partial charge in [-0.2, -0.15) is 0 Å². The fourth-order valence-corrected chi connectivity index (χ4v) is 4.30. The van der Waals surface area contributed by atoms with E-state index in [2.05, 4.69) is 5.32 Å². The van der Waals surface area contributed by atoms with Crippen LogP contribution >= 0.6 is 0 Å². The fourth-order valence-electron chi connectivity index (χ4n) is 4.30. The number of urea groups is 1. The lowest BCUT2D eigenvalue weighted by Gasteiger charge is -2.46. The first-order chi connectivity index (χ1) is 12.5. The highest BCUT2D eigenvalue weighted by Crippen LogP contribution is 2.39. The van der Waals surface area contributed by atoms with Crippen molar-refractivity contribution in [2.45, 2.75) is 57.6 Å². The minimum atomic E-state index is -0.150. The molecule has 1 atom stereocenters. The Labute approximate surface area is 156 Å². The average Bonchev–Trinajstić information content (AvgIpc) is 2.62. The van der Waals surface area contributed by atoms with E-state index in [-0.39, 0.29) is 23.6 Å². The summed E-state index contributed by atoms with van der Waals surface area (Å²) in [4.78, 5) is 28.5. The Bertz CT molecular complexity index is 497. The van der Waals surface area contributed by atoms with Crippen LogP contribution in [-0.2, 0) is 14.3 Å². The second-order valence-electron chi connectivity index (χ2n) is 8.18. The molecule has 0 bridgehead atoms. The molecule has 3 aliphatic heterocycles. The third-order valence-electron chi connectivity index (χ3n) is 5.80. The largest absolute Gasteiger partial charge is 0.378 e. The molecule has 148 valence electrons. The number of carbonyl (C=O) groups excluding carboxylic acids is 2. The van der Waals surface area contributed by atoms with Crippen molar-refractivity contribution in [1.82, 2.24) is 15.1 Å². The first-order valence-electron chi connectivity index (χ1n) is 10.0. The molecule has 0 saturated carbocycles. The lowest BCUT2D eigenvalue weighted by Crippen LogP contribution is -2.53. The number of piperidine rings is 1. The monoisotopic (exact) mass is 367 g/mol. The Morgan fingerprint density at radius 2 is 1.77 bits per heavy atom. The van der Waals surface area contributed by atoms with Gasteiger partial charge >= 0.3 is 6.03 Å². The van der Waals surface area contributed by atoms with Crippen LogP contribution in [0.4, 0.5) is 4.79 Å². The summed E-state index contributed by atoms with van der Waals surface area (Å²) in [5, 5.41) is 2.96. The van der Waals surface area contributed by atoms with Gasteiger partial charge in [0.05, 0.1) is 18.8 Å². The highest BCUT2D eigenvalue weighted by Gasteiger charge is 2.41. The summed E-state index contributed by atoms with van der Waals surface area (Å²) in [6.07, 6.45) is 4.22. The number of nitrogens with one attached hydrogen (secondary N) is 1. The van der Waals surface area contributed by atoms with Crippen LogP contribution in [0.1, 0.15) is 46.0 Å². The maximum absolute atomic E-state index is 12.5. The van der Waals surface area contributed by atoms with Gasteiger partial charge in [0.1, 0.15) is 0 Å². The first-order valence-corrected chi connectivity index (χ1v) is 10.0. The van der Waals surface area contributed by atoms with Crippen LogP contribution < -0.4 is 5.32 Å². The molecule has 0 aromatic heterocycles. The normalized spacial score (nSPS) is 26.2. The maximum atomic E-state index is 12.5. The highest BCUT2D eigenvalue weighted by atomic mass is 16.5. The maximum Gasteiger partial charge on any atom is 0.317 e. The molecular formula is C19H33N3O4. The Hall–Kier alpha value is -1.34. The molecule has 1 spiro atoms. The molecule has 1 N–H and O–H groups in total. The zero-order valence-corrected chi connectivity index (χ0v) is 16.2. The molecule has 3 rings (SSSR count). The topological polar surface area (TPSA) is 71.1 Å². The molecule has 7 nitrogen and oxygen atoms in total. The number of morpholine rings is 1. The lowest BCUT2D eigenvalue weighted by molar-refractivity contribution is -0.143. The summed E-state index contributed by atoms with van der Waals surface area (Å²) in [6, 6.07) is 0.171. The third kappa shape index (κ3) is 4.88. The lowest BCUT2D eigenvalue weighted by atomic mass is 9.78. The van der Waals surface area contributed by atoms with E-state index in [1.165, 1.54) is 0 Å². The number of nitrogens with zero attached hydrogens (tertiary/aromatic N) is 2. The van der Waals surface area contributed by atoms with E-state index in [1.54, 1.807) is 0 Å². The van der Waals surface area contributed by atoms with Crippen LogP contribution in [0.15, 0.2) is 0 Å². The molecule has 0 radical (unpaired) electrons. The molecule has 0 aliphatic carbocycles. The van der Waals surface area contributed by atoms with Gasteiger partial charge in [0.2, 0.25) is 5.91 Å². The minimum Gasteiger partial charge on any atom is -0.378 e. The van der Waals surface area contributed by atoms with Crippen molar-refractivity contribution in [1.29, 1.82) is 0 Å². The smallest absolute Gasteiger partial charge is 0.317 e. The predicted molar refractivity (Wildman–Crippen MR) is 97.9 cm³/mol. The van der Waals surface area contributed by atoms with Crippen molar-refractivity contribution in [2.24, 2.45) is 5.92 Å². The Balaban J connectivity index is 1.49. The summed E-state index contributed by atoms with van der Waals surface area (Å²) in [5.41, 5.74) is -0.150. The quantitative estimate of drug-likeness (QED) is 0.823. The summed E-state index contributed by atoms with van der Waals surface area (Å²) in [6.45, 7) is 8.85. The number of carbonyl (C=O) groups is 2. The molecule has 7 heteroatoms. The minimum absolute atomic E-state index is 0.0182. The second kappa shape index (κ2) is 8.57. The average molecular weight is 367 g/mol. The number of amides is 3. The van der Waals surface area contributed by atoms with Crippen molar-refractivity contribution in [3.63, 3.8) is 0 Å². The van der Waals surface area contributed by atoms with E-state index in [4.69, 9.17) is 9.47 Å². The van der Waals surface area contributed by atoms with E-state index >= 15 is 0 Å². The zero-order valence-electron chi connectivity index (χ0n) is 16.2. The molecule has 3 saturated heterocycles. The number of likely N-dealkylation sites (tertiary alicyclic amines) is 1. The van der Waals surface area contributed by atoms with Gasteiger partial charge in [-0.1, -0.05) is 0 Å². The molecule has 0 aromatic rings. The van der Waals surface area contributed by atoms with Crippen LogP contribution in [0.3, 0.4) is 0 Å². The summed E-state index contributed by atoms with van der Waals surface area (Å²) >= 11 is 0. The number of ether oxygens (including phenoxy) is 2. The molecule has 0 aromatic carbocycles. The van der Waals surface area contributed by atoms with Gasteiger partial charge in [0.25, 0.3) is 0 Å². The van der Waals surface area contributed by atoms with E-state index in [0.29, 0.717) is 38.6 Å². The Morgan fingerprint density at radius 3 is 2.42 bits per heavy atom. The third-order valence-corrected chi connectivity index (χ3v) is 5.80. The van der Waals surface area contributed by atoms with Crippen LogP contribution in [0.2, 0.25) is 0 Å². The highest BCUT2D eigenvalue weighted by molar-refractivity contribution is 5.76. The fraction of sp³-hybridized carbons (Fsp3) is 0.895. The molecule has 3 fully saturated rings. The Kier molecular flexibility index (Phi) is 6.40. The van der Waals surface area contributed by atoms with Gasteiger partial charge in [-0.25, -0.2) is 4.79 Å². The van der Waals surface area contributed by atoms with E-state index in [9.17, 15) is 9.59 Å². The molecule has 26 heavy (non-hydrogen) atoms. The van der Waals surface area contributed by atoms with E-state index < -0.39 is 0 Å². The van der Waals surface area contributed by atoms with E-state index in [1.807, 2.05) is 23.6 Å². The summed E-state index contributed by atoms with van der Waals surface area (Å²) < 4.78 is 11.5. The molecule has 3 heterocycles. The SMILES string of the molecule is CC(C)NC(=O)N1CCC2(CC1)CC(CC(=O)N1CCOCC1)CCO2. The van der Waals surface area contributed by atoms with Crippen LogP contribution in [-0.4, -0.2) is 79.4 Å². The van der Waals surface area contributed by atoms with Gasteiger partial charge in [0.15, 0.2) is 0 Å². The van der Waals surface area contributed by atoms with Crippen LogP contribution in [0.5, 0.6) is 0 Å². The zero-order chi connectivity index (χ0) is 18.6. The second-order valence-corrected chi connectivity index (χ2v) is 8.18. The van der Waals surface area contributed by atoms with Gasteiger partial charge in [-0.05, 0) is 45.4 Å². The van der Waals surface area contributed by atoms with Gasteiger partial charge < -0.3 is 24.6 Å².